The Labute approximate surface area is 174 Å². The number of hydrogen-bond donors (Lipinski definition) is 1. The second kappa shape index (κ2) is 8.24. The van der Waals surface area contributed by atoms with Crippen LogP contribution in [0.25, 0.3) is 0 Å². The summed E-state index contributed by atoms with van der Waals surface area (Å²) in [5, 5.41) is 3.20. The Morgan fingerprint density at radius 2 is 1.90 bits per heavy atom. The van der Waals surface area contributed by atoms with Gasteiger partial charge in [0.1, 0.15) is 5.75 Å². The predicted molar refractivity (Wildman–Crippen MR) is 109 cm³/mol. The molecular formula is C22H25NO5S. The van der Waals surface area contributed by atoms with Gasteiger partial charge in [-0.15, -0.1) is 11.3 Å². The van der Waals surface area contributed by atoms with Crippen molar-refractivity contribution in [1.82, 2.24) is 5.32 Å². The molecule has 3 heterocycles. The standard InChI is InChI=1S/C22H25NO5S/c24-22(21-10-9-20(29-21)18-2-1-11-25-18)23-14-3-5-15(6-4-14)28-16-7-8-17-19(12-16)27-13-26-17/h7-10,12,14-15,18H,1-6,11,13H2,(H,23,24). The molecule has 1 atom stereocenters. The summed E-state index contributed by atoms with van der Waals surface area (Å²) < 4.78 is 22.6. The quantitative estimate of drug-likeness (QED) is 0.782. The zero-order valence-corrected chi connectivity index (χ0v) is 17.0. The van der Waals surface area contributed by atoms with Crippen molar-refractivity contribution in [2.45, 2.75) is 56.8 Å². The molecule has 5 rings (SSSR count). The lowest BCUT2D eigenvalue weighted by Crippen LogP contribution is -2.39. The van der Waals surface area contributed by atoms with Gasteiger partial charge in [0.15, 0.2) is 11.5 Å². The maximum absolute atomic E-state index is 12.6. The van der Waals surface area contributed by atoms with E-state index < -0.39 is 0 Å². The molecule has 6 nitrogen and oxygen atoms in total. The van der Waals surface area contributed by atoms with E-state index in [1.165, 1.54) is 0 Å². The summed E-state index contributed by atoms with van der Waals surface area (Å²) in [7, 11) is 0. The molecular weight excluding hydrogens is 390 g/mol. The van der Waals surface area contributed by atoms with E-state index in [4.69, 9.17) is 18.9 Å². The fourth-order valence-corrected chi connectivity index (χ4v) is 5.17. The summed E-state index contributed by atoms with van der Waals surface area (Å²) in [6.45, 7) is 1.09. The average Bonchev–Trinajstić information content (AvgIpc) is 3.49. The molecule has 2 aliphatic heterocycles. The molecule has 3 aliphatic rings. The Morgan fingerprint density at radius 3 is 2.72 bits per heavy atom. The van der Waals surface area contributed by atoms with Gasteiger partial charge in [-0.25, -0.2) is 0 Å². The monoisotopic (exact) mass is 415 g/mol. The van der Waals surface area contributed by atoms with Crippen LogP contribution in [0, 0.1) is 0 Å². The zero-order valence-electron chi connectivity index (χ0n) is 16.2. The van der Waals surface area contributed by atoms with Crippen molar-refractivity contribution in [3.05, 3.63) is 40.1 Å². The van der Waals surface area contributed by atoms with Gasteiger partial charge in [-0.3, -0.25) is 4.79 Å². The first kappa shape index (κ1) is 18.8. The Bertz CT molecular complexity index is 868. The Kier molecular flexibility index (Phi) is 5.33. The van der Waals surface area contributed by atoms with Crippen molar-refractivity contribution in [2.75, 3.05) is 13.4 Å². The number of rotatable bonds is 5. The first-order chi connectivity index (χ1) is 14.2. The van der Waals surface area contributed by atoms with Crippen LogP contribution in [0.3, 0.4) is 0 Å². The average molecular weight is 416 g/mol. The third kappa shape index (κ3) is 4.21. The second-order valence-corrected chi connectivity index (χ2v) is 8.90. The minimum Gasteiger partial charge on any atom is -0.490 e. The third-order valence-electron chi connectivity index (χ3n) is 5.75. The first-order valence-corrected chi connectivity index (χ1v) is 11.1. The van der Waals surface area contributed by atoms with Crippen LogP contribution >= 0.6 is 11.3 Å². The number of hydrogen-bond acceptors (Lipinski definition) is 6. The van der Waals surface area contributed by atoms with Crippen molar-refractivity contribution in [3.63, 3.8) is 0 Å². The van der Waals surface area contributed by atoms with Crippen molar-refractivity contribution in [1.29, 1.82) is 0 Å². The van der Waals surface area contributed by atoms with Gasteiger partial charge in [-0.2, -0.15) is 0 Å². The van der Waals surface area contributed by atoms with Crippen LogP contribution in [0.1, 0.15) is 59.2 Å². The number of carbonyl (C=O) groups excluding carboxylic acids is 1. The number of benzene rings is 1. The molecule has 0 bridgehead atoms. The molecule has 0 radical (unpaired) electrons. The molecule has 1 aromatic carbocycles. The van der Waals surface area contributed by atoms with Crippen LogP contribution in [-0.4, -0.2) is 31.5 Å². The molecule has 1 saturated carbocycles. The van der Waals surface area contributed by atoms with Crippen molar-refractivity contribution >= 4 is 17.2 Å². The summed E-state index contributed by atoms with van der Waals surface area (Å²) in [6, 6.07) is 9.85. The van der Waals surface area contributed by atoms with Gasteiger partial charge in [-0.05, 0) is 62.8 Å². The molecule has 1 aromatic heterocycles. The van der Waals surface area contributed by atoms with Gasteiger partial charge in [0.2, 0.25) is 6.79 Å². The van der Waals surface area contributed by atoms with Crippen molar-refractivity contribution in [3.8, 4) is 17.2 Å². The normalized spacial score (nSPS) is 25.7. The number of carbonyl (C=O) groups is 1. The van der Waals surface area contributed by atoms with Gasteiger partial charge in [0.25, 0.3) is 5.91 Å². The lowest BCUT2D eigenvalue weighted by atomic mass is 9.93. The van der Waals surface area contributed by atoms with Crippen molar-refractivity contribution < 1.29 is 23.7 Å². The highest BCUT2D eigenvalue weighted by Crippen LogP contribution is 2.36. The zero-order chi connectivity index (χ0) is 19.6. The molecule has 1 saturated heterocycles. The van der Waals surface area contributed by atoms with Gasteiger partial charge in [0, 0.05) is 23.6 Å². The van der Waals surface area contributed by atoms with E-state index in [0.29, 0.717) is 0 Å². The topological polar surface area (TPSA) is 66.0 Å². The Balaban J connectivity index is 1.11. The van der Waals surface area contributed by atoms with Gasteiger partial charge in [0.05, 0.1) is 17.1 Å². The van der Waals surface area contributed by atoms with Crippen LogP contribution in [0.15, 0.2) is 30.3 Å². The van der Waals surface area contributed by atoms with Crippen LogP contribution in [-0.2, 0) is 4.74 Å². The largest absolute Gasteiger partial charge is 0.490 e. The number of fused-ring (bicyclic) bond motifs is 1. The van der Waals surface area contributed by atoms with E-state index in [9.17, 15) is 4.79 Å². The fourth-order valence-electron chi connectivity index (χ4n) is 4.17. The number of thiophene rings is 1. The van der Waals surface area contributed by atoms with E-state index in [-0.39, 0.29) is 30.9 Å². The highest BCUT2D eigenvalue weighted by atomic mass is 32.1. The number of ether oxygens (including phenoxy) is 4. The highest BCUT2D eigenvalue weighted by molar-refractivity contribution is 7.14. The predicted octanol–water partition coefficient (Wildman–Crippen LogP) is 4.45. The summed E-state index contributed by atoms with van der Waals surface area (Å²) in [5.74, 6) is 2.34. The number of amides is 1. The molecule has 154 valence electrons. The summed E-state index contributed by atoms with van der Waals surface area (Å²) in [6.07, 6.45) is 6.17. The molecule has 29 heavy (non-hydrogen) atoms. The molecule has 0 spiro atoms. The van der Waals surface area contributed by atoms with E-state index in [0.717, 1.165) is 72.1 Å². The molecule has 2 fully saturated rings. The summed E-state index contributed by atoms with van der Waals surface area (Å²) >= 11 is 1.56. The van der Waals surface area contributed by atoms with E-state index in [1.54, 1.807) is 11.3 Å². The fraction of sp³-hybridized carbons (Fsp3) is 0.500. The second-order valence-electron chi connectivity index (χ2n) is 7.78. The molecule has 7 heteroatoms. The SMILES string of the molecule is O=C(NC1CCC(Oc2ccc3c(c2)OCO3)CC1)c1ccc(C2CCCO2)s1. The lowest BCUT2D eigenvalue weighted by Gasteiger charge is -2.29. The Morgan fingerprint density at radius 1 is 1.03 bits per heavy atom. The first-order valence-electron chi connectivity index (χ1n) is 10.3. The van der Waals surface area contributed by atoms with E-state index >= 15 is 0 Å². The highest BCUT2D eigenvalue weighted by Gasteiger charge is 2.26. The Hall–Kier alpha value is -2.25. The van der Waals surface area contributed by atoms with Crippen LogP contribution in [0.4, 0.5) is 0 Å². The van der Waals surface area contributed by atoms with E-state index in [2.05, 4.69) is 5.32 Å². The van der Waals surface area contributed by atoms with Crippen LogP contribution < -0.4 is 19.5 Å². The molecule has 1 unspecified atom stereocenters. The summed E-state index contributed by atoms with van der Waals surface area (Å²) in [4.78, 5) is 14.6. The molecule has 2 aromatic rings. The smallest absolute Gasteiger partial charge is 0.261 e. The third-order valence-corrected chi connectivity index (χ3v) is 6.93. The van der Waals surface area contributed by atoms with E-state index in [1.807, 2.05) is 30.3 Å². The summed E-state index contributed by atoms with van der Waals surface area (Å²) in [5.41, 5.74) is 0. The minimum absolute atomic E-state index is 0.0272. The van der Waals surface area contributed by atoms with Crippen LogP contribution in [0.5, 0.6) is 17.2 Å². The van der Waals surface area contributed by atoms with Gasteiger partial charge in [-0.1, -0.05) is 0 Å². The van der Waals surface area contributed by atoms with Gasteiger partial charge >= 0.3 is 0 Å². The molecule has 1 amide bonds. The van der Waals surface area contributed by atoms with Crippen LogP contribution in [0.2, 0.25) is 0 Å². The molecule has 1 aliphatic carbocycles. The molecule has 1 N–H and O–H groups in total. The lowest BCUT2D eigenvalue weighted by molar-refractivity contribution is 0.0897. The van der Waals surface area contributed by atoms with Crippen molar-refractivity contribution in [2.24, 2.45) is 0 Å². The maximum atomic E-state index is 12.6. The maximum Gasteiger partial charge on any atom is 0.261 e. The number of nitrogens with one attached hydrogen (secondary N) is 1. The van der Waals surface area contributed by atoms with Gasteiger partial charge < -0.3 is 24.3 Å². The minimum atomic E-state index is 0.0272.